The Hall–Kier alpha value is -4.08. The van der Waals surface area contributed by atoms with Crippen molar-refractivity contribution in [1.29, 1.82) is 0 Å². The van der Waals surface area contributed by atoms with Crippen molar-refractivity contribution in [2.45, 2.75) is 13.3 Å². The topological polar surface area (TPSA) is 75.3 Å². The van der Waals surface area contributed by atoms with Gasteiger partial charge in [0.25, 0.3) is 5.56 Å². The number of fused-ring (bicyclic) bond motifs is 1. The van der Waals surface area contributed by atoms with Crippen LogP contribution in [0, 0.1) is 6.92 Å². The van der Waals surface area contributed by atoms with Crippen LogP contribution in [0.15, 0.2) is 65.7 Å². The molecular weight excluding hydrogens is 427 g/mol. The number of ether oxygens (including phenoxy) is 2. The van der Waals surface area contributed by atoms with Crippen LogP contribution >= 0.6 is 0 Å². The summed E-state index contributed by atoms with van der Waals surface area (Å²) in [5.41, 5.74) is 1.35. The predicted molar refractivity (Wildman–Crippen MR) is 109 cm³/mol. The molecule has 0 saturated heterocycles. The Kier molecular flexibility index (Phi) is 5.21. The lowest BCUT2D eigenvalue weighted by Crippen LogP contribution is -2.17. The Morgan fingerprint density at radius 2 is 1.75 bits per heavy atom. The zero-order valence-electron chi connectivity index (χ0n) is 16.9. The number of carbonyl (C=O) groups excluding carboxylic acids is 1. The maximum absolute atomic E-state index is 13.1. The number of esters is 1. The van der Waals surface area contributed by atoms with Crippen LogP contribution < -0.4 is 10.3 Å². The van der Waals surface area contributed by atoms with Crippen LogP contribution in [0.25, 0.3) is 22.6 Å². The zero-order chi connectivity index (χ0) is 23.0. The molecule has 2 aromatic carbocycles. The van der Waals surface area contributed by atoms with Gasteiger partial charge in [0.2, 0.25) is 0 Å². The number of halogens is 3. The summed E-state index contributed by atoms with van der Waals surface area (Å²) in [5, 5.41) is 4.31. The quantitative estimate of drug-likeness (QED) is 0.444. The minimum absolute atomic E-state index is 0.0179. The highest BCUT2D eigenvalue weighted by molar-refractivity contribution is 5.96. The third-order valence-electron chi connectivity index (χ3n) is 4.67. The first-order valence-corrected chi connectivity index (χ1v) is 9.33. The van der Waals surface area contributed by atoms with Gasteiger partial charge in [-0.15, -0.1) is 13.2 Å². The van der Waals surface area contributed by atoms with Gasteiger partial charge in [-0.05, 0) is 36.8 Å². The number of hydrogen-bond acceptors (Lipinski definition) is 5. The van der Waals surface area contributed by atoms with Crippen LogP contribution in [-0.2, 0) is 4.74 Å². The highest BCUT2D eigenvalue weighted by Gasteiger charge is 2.31. The van der Waals surface area contributed by atoms with Gasteiger partial charge in [-0.2, -0.15) is 9.78 Å². The molecule has 2 aromatic rings. The van der Waals surface area contributed by atoms with Crippen molar-refractivity contribution >= 4 is 5.97 Å². The molecule has 0 bridgehead atoms. The van der Waals surface area contributed by atoms with Gasteiger partial charge in [0.15, 0.2) is 0 Å². The van der Waals surface area contributed by atoms with Gasteiger partial charge in [-0.3, -0.25) is 4.79 Å². The summed E-state index contributed by atoms with van der Waals surface area (Å²) < 4.78 is 49.1. The number of rotatable bonds is 4. The van der Waals surface area contributed by atoms with Gasteiger partial charge in [-0.1, -0.05) is 18.2 Å². The van der Waals surface area contributed by atoms with Gasteiger partial charge in [0.1, 0.15) is 17.0 Å². The van der Waals surface area contributed by atoms with E-state index in [1.807, 2.05) is 13.0 Å². The van der Waals surface area contributed by atoms with E-state index in [2.05, 4.69) is 9.84 Å². The van der Waals surface area contributed by atoms with Crippen molar-refractivity contribution in [3.63, 3.8) is 0 Å². The maximum Gasteiger partial charge on any atom is 0.573 e. The second kappa shape index (κ2) is 7.88. The highest BCUT2D eigenvalue weighted by atomic mass is 19.4. The SMILES string of the molecule is COC(=O)c1cn(-c2cccc(OC(F)(F)F)c2)cc2c(=O)n(-c3cccc(C)c3)nc1-2. The summed E-state index contributed by atoms with van der Waals surface area (Å²) in [7, 11) is 1.18. The number of hydrogen-bond donors (Lipinski definition) is 0. The van der Waals surface area contributed by atoms with Crippen molar-refractivity contribution in [2.75, 3.05) is 7.11 Å². The molecule has 0 aromatic heterocycles. The van der Waals surface area contributed by atoms with E-state index in [0.717, 1.165) is 22.4 Å². The lowest BCUT2D eigenvalue weighted by Gasteiger charge is -2.14. The summed E-state index contributed by atoms with van der Waals surface area (Å²) in [6, 6.07) is 12.2. The first-order chi connectivity index (χ1) is 15.2. The van der Waals surface area contributed by atoms with Crippen molar-refractivity contribution < 1.29 is 27.4 Å². The number of aromatic nitrogens is 3. The van der Waals surface area contributed by atoms with Crippen LogP contribution in [0.3, 0.4) is 0 Å². The van der Waals surface area contributed by atoms with Crippen LogP contribution in [0.5, 0.6) is 5.75 Å². The summed E-state index contributed by atoms with van der Waals surface area (Å²) in [6.07, 6.45) is -2.12. The molecule has 7 nitrogen and oxygen atoms in total. The predicted octanol–water partition coefficient (Wildman–Crippen LogP) is 4.12. The van der Waals surface area contributed by atoms with E-state index in [0.29, 0.717) is 5.69 Å². The van der Waals surface area contributed by atoms with Gasteiger partial charge >= 0.3 is 12.3 Å². The average molecular weight is 443 g/mol. The van der Waals surface area contributed by atoms with Crippen molar-refractivity contribution in [3.8, 4) is 28.4 Å². The zero-order valence-corrected chi connectivity index (χ0v) is 16.9. The van der Waals surface area contributed by atoms with Gasteiger partial charge in [0, 0.05) is 24.1 Å². The van der Waals surface area contributed by atoms with E-state index in [1.54, 1.807) is 18.2 Å². The van der Waals surface area contributed by atoms with E-state index in [9.17, 15) is 22.8 Å². The lowest BCUT2D eigenvalue weighted by molar-refractivity contribution is -0.274. The van der Waals surface area contributed by atoms with Gasteiger partial charge in [-0.25, -0.2) is 4.79 Å². The molecule has 0 saturated carbocycles. The standard InChI is InChI=1S/C22H16F3N3O4/c1-13-5-3-7-15(9-13)28-20(29)17-11-27(12-18(19(17)26-28)21(30)31-2)14-6-4-8-16(10-14)32-22(23,24)25/h3-12H,1-2H3. The molecule has 0 radical (unpaired) electrons. The van der Waals surface area contributed by atoms with Crippen molar-refractivity contribution in [2.24, 2.45) is 0 Å². The molecule has 0 atom stereocenters. The Bertz CT molecular complexity index is 1340. The third-order valence-corrected chi connectivity index (χ3v) is 4.67. The molecule has 0 amide bonds. The van der Waals surface area contributed by atoms with E-state index in [4.69, 9.17) is 4.74 Å². The van der Waals surface area contributed by atoms with Crippen LogP contribution in [0.2, 0.25) is 0 Å². The molecule has 2 aliphatic rings. The fourth-order valence-corrected chi connectivity index (χ4v) is 3.29. The largest absolute Gasteiger partial charge is 0.573 e. The van der Waals surface area contributed by atoms with E-state index in [1.165, 1.54) is 36.2 Å². The average Bonchev–Trinajstić information content (AvgIpc) is 3.08. The fraction of sp³-hybridized carbons (Fsp3) is 0.136. The molecule has 2 aliphatic heterocycles. The van der Waals surface area contributed by atoms with Gasteiger partial charge < -0.3 is 14.0 Å². The van der Waals surface area contributed by atoms with Crippen LogP contribution in [-0.4, -0.2) is 33.8 Å². The Morgan fingerprint density at radius 1 is 1.03 bits per heavy atom. The molecule has 0 aliphatic carbocycles. The highest BCUT2D eigenvalue weighted by Crippen LogP contribution is 2.28. The molecule has 0 N–H and O–H groups in total. The summed E-state index contributed by atoms with van der Waals surface area (Å²) in [5.74, 6) is -1.19. The minimum Gasteiger partial charge on any atom is -0.465 e. The molecule has 164 valence electrons. The number of alkyl halides is 3. The smallest absolute Gasteiger partial charge is 0.465 e. The van der Waals surface area contributed by atoms with Crippen LogP contribution in [0.4, 0.5) is 13.2 Å². The van der Waals surface area contributed by atoms with Crippen molar-refractivity contribution in [3.05, 3.63) is 82.4 Å². The van der Waals surface area contributed by atoms with Gasteiger partial charge in [0.05, 0.1) is 18.4 Å². The molecule has 2 heterocycles. The second-order valence-electron chi connectivity index (χ2n) is 6.93. The number of nitrogens with zero attached hydrogens (tertiary/aromatic N) is 3. The van der Waals surface area contributed by atoms with Crippen molar-refractivity contribution in [1.82, 2.24) is 14.3 Å². The molecule has 0 unspecified atom stereocenters. The summed E-state index contributed by atoms with van der Waals surface area (Å²) in [4.78, 5) is 25.5. The maximum atomic E-state index is 13.1. The number of pyridine rings is 1. The summed E-state index contributed by atoms with van der Waals surface area (Å²) >= 11 is 0. The number of benzene rings is 2. The normalized spacial score (nSPS) is 11.5. The van der Waals surface area contributed by atoms with E-state index >= 15 is 0 Å². The molecule has 0 spiro atoms. The Balaban J connectivity index is 1.92. The first kappa shape index (κ1) is 21.2. The third kappa shape index (κ3) is 4.07. The minimum atomic E-state index is -4.86. The number of methoxy groups -OCH3 is 1. The van der Waals surface area contributed by atoms with E-state index < -0.39 is 23.6 Å². The molecule has 4 rings (SSSR count). The molecular formula is C22H16F3N3O4. The fourth-order valence-electron chi connectivity index (χ4n) is 3.29. The first-order valence-electron chi connectivity index (χ1n) is 9.33. The number of aryl methyl sites for hydroxylation is 1. The molecule has 32 heavy (non-hydrogen) atoms. The molecule has 10 heteroatoms. The second-order valence-corrected chi connectivity index (χ2v) is 6.93. The Labute approximate surface area is 179 Å². The van der Waals surface area contributed by atoms with E-state index in [-0.39, 0.29) is 22.5 Å². The summed E-state index contributed by atoms with van der Waals surface area (Å²) in [6.45, 7) is 1.86. The van der Waals surface area contributed by atoms with Crippen LogP contribution in [0.1, 0.15) is 15.9 Å². The molecule has 0 fully saturated rings. The Morgan fingerprint density at radius 3 is 2.44 bits per heavy atom. The monoisotopic (exact) mass is 443 g/mol. The number of carbonyl (C=O) groups is 1. The lowest BCUT2D eigenvalue weighted by atomic mass is 10.1.